The molecule has 0 unspecified atom stereocenters. The molecule has 0 aromatic carbocycles. The summed E-state index contributed by atoms with van der Waals surface area (Å²) in [5.74, 6) is 0.0975. The number of hydrogen-bond acceptors (Lipinski definition) is 4. The van der Waals surface area contributed by atoms with Crippen molar-refractivity contribution in [3.05, 3.63) is 28.1 Å². The number of carbonyl (C=O) groups is 1. The summed E-state index contributed by atoms with van der Waals surface area (Å²) >= 11 is 0. The molecule has 7 nitrogen and oxygen atoms in total. The second-order valence-electron chi connectivity index (χ2n) is 5.30. The molecule has 20 heavy (non-hydrogen) atoms. The molecular formula is C13H19N3O4. The summed E-state index contributed by atoms with van der Waals surface area (Å²) in [6, 6.07) is 1.32. The Morgan fingerprint density at radius 2 is 2.25 bits per heavy atom. The quantitative estimate of drug-likeness (QED) is 0.650. The van der Waals surface area contributed by atoms with Gasteiger partial charge in [-0.3, -0.25) is 14.9 Å². The van der Waals surface area contributed by atoms with Gasteiger partial charge in [0.2, 0.25) is 0 Å². The van der Waals surface area contributed by atoms with Crippen LogP contribution in [0.4, 0.5) is 5.69 Å². The zero-order valence-electron chi connectivity index (χ0n) is 11.7. The van der Waals surface area contributed by atoms with Gasteiger partial charge in [-0.05, 0) is 25.7 Å². The van der Waals surface area contributed by atoms with E-state index in [1.165, 1.54) is 12.3 Å². The van der Waals surface area contributed by atoms with E-state index >= 15 is 0 Å². The first-order valence-corrected chi connectivity index (χ1v) is 6.70. The Morgan fingerprint density at radius 1 is 1.60 bits per heavy atom. The lowest BCUT2D eigenvalue weighted by Gasteiger charge is -2.34. The Hall–Kier alpha value is -1.89. The standard InChI is InChI=1S/C13H19N3O4/c1-3-15-8-10(16(19)20)6-12(15)13(18)14(2)7-9-4-11(17)5-9/h6,8-9,11,17H,3-5,7H2,1-2H3. The molecule has 1 N–H and O–H groups in total. The maximum absolute atomic E-state index is 12.3. The van der Waals surface area contributed by atoms with Crippen molar-refractivity contribution in [2.75, 3.05) is 13.6 Å². The molecule has 0 saturated heterocycles. The fourth-order valence-electron chi connectivity index (χ4n) is 2.55. The molecule has 1 amide bonds. The van der Waals surface area contributed by atoms with Gasteiger partial charge in [0.25, 0.3) is 11.6 Å². The topological polar surface area (TPSA) is 88.6 Å². The number of carbonyl (C=O) groups excluding carboxylic acids is 1. The van der Waals surface area contributed by atoms with E-state index in [0.29, 0.717) is 37.5 Å². The summed E-state index contributed by atoms with van der Waals surface area (Å²) in [5, 5.41) is 20.0. The van der Waals surface area contributed by atoms with Crippen LogP contribution in [0.2, 0.25) is 0 Å². The monoisotopic (exact) mass is 281 g/mol. The fraction of sp³-hybridized carbons (Fsp3) is 0.615. The lowest BCUT2D eigenvalue weighted by atomic mass is 9.82. The van der Waals surface area contributed by atoms with E-state index in [0.717, 1.165) is 0 Å². The smallest absolute Gasteiger partial charge is 0.287 e. The van der Waals surface area contributed by atoms with Crippen molar-refractivity contribution in [3.63, 3.8) is 0 Å². The highest BCUT2D eigenvalue weighted by Gasteiger charge is 2.30. The van der Waals surface area contributed by atoms with Gasteiger partial charge in [-0.2, -0.15) is 0 Å². The number of aliphatic hydroxyl groups is 1. The minimum absolute atomic E-state index is 0.0670. The van der Waals surface area contributed by atoms with Crippen molar-refractivity contribution in [2.24, 2.45) is 5.92 Å². The van der Waals surface area contributed by atoms with Gasteiger partial charge in [0.05, 0.1) is 17.2 Å². The van der Waals surface area contributed by atoms with Crippen LogP contribution in [-0.2, 0) is 6.54 Å². The number of aryl methyl sites for hydroxylation is 1. The zero-order valence-corrected chi connectivity index (χ0v) is 11.7. The van der Waals surface area contributed by atoms with Crippen LogP contribution in [0, 0.1) is 16.0 Å². The first kappa shape index (κ1) is 14.5. The van der Waals surface area contributed by atoms with Crippen LogP contribution in [-0.4, -0.2) is 45.1 Å². The summed E-state index contributed by atoms with van der Waals surface area (Å²) in [6.45, 7) is 2.91. The molecule has 0 radical (unpaired) electrons. The number of aromatic nitrogens is 1. The van der Waals surface area contributed by atoms with E-state index in [9.17, 15) is 20.0 Å². The van der Waals surface area contributed by atoms with Gasteiger partial charge in [-0.25, -0.2) is 0 Å². The normalized spacial score (nSPS) is 21.4. The molecule has 1 saturated carbocycles. The first-order valence-electron chi connectivity index (χ1n) is 6.70. The van der Waals surface area contributed by atoms with Crippen molar-refractivity contribution in [1.82, 2.24) is 9.47 Å². The maximum Gasteiger partial charge on any atom is 0.287 e. The van der Waals surface area contributed by atoms with E-state index in [2.05, 4.69) is 0 Å². The molecule has 1 aliphatic carbocycles. The lowest BCUT2D eigenvalue weighted by molar-refractivity contribution is -0.384. The van der Waals surface area contributed by atoms with Crippen LogP contribution in [0.3, 0.4) is 0 Å². The molecule has 2 rings (SSSR count). The summed E-state index contributed by atoms with van der Waals surface area (Å²) < 4.78 is 1.59. The first-order chi connectivity index (χ1) is 9.42. The molecule has 1 aliphatic rings. The minimum atomic E-state index is -0.495. The number of hydrogen-bond donors (Lipinski definition) is 1. The average Bonchev–Trinajstić information content (AvgIpc) is 2.80. The highest BCUT2D eigenvalue weighted by Crippen LogP contribution is 2.28. The van der Waals surface area contributed by atoms with Gasteiger partial charge >= 0.3 is 0 Å². The Bertz CT molecular complexity index is 520. The predicted molar refractivity (Wildman–Crippen MR) is 72.5 cm³/mol. The molecule has 0 aliphatic heterocycles. The molecule has 0 atom stereocenters. The van der Waals surface area contributed by atoms with Gasteiger partial charge < -0.3 is 14.6 Å². The molecule has 1 heterocycles. The molecule has 0 spiro atoms. The lowest BCUT2D eigenvalue weighted by Crippen LogP contribution is -2.40. The Kier molecular flexibility index (Phi) is 4.08. The molecule has 1 aromatic rings. The van der Waals surface area contributed by atoms with E-state index in [1.807, 2.05) is 6.92 Å². The Labute approximate surface area is 116 Å². The van der Waals surface area contributed by atoms with E-state index < -0.39 is 4.92 Å². The number of nitrogens with zero attached hydrogens (tertiary/aromatic N) is 3. The molecule has 1 fully saturated rings. The van der Waals surface area contributed by atoms with Crippen LogP contribution in [0.5, 0.6) is 0 Å². The maximum atomic E-state index is 12.3. The number of aliphatic hydroxyl groups excluding tert-OH is 1. The summed E-state index contributed by atoms with van der Waals surface area (Å²) in [5.41, 5.74) is 0.268. The van der Waals surface area contributed by atoms with Gasteiger partial charge in [0, 0.05) is 26.2 Å². The summed E-state index contributed by atoms with van der Waals surface area (Å²) in [7, 11) is 1.69. The van der Waals surface area contributed by atoms with Gasteiger partial charge in [-0.1, -0.05) is 0 Å². The largest absolute Gasteiger partial charge is 0.393 e. The Balaban J connectivity index is 2.09. The van der Waals surface area contributed by atoms with E-state index in [-0.39, 0.29) is 17.7 Å². The highest BCUT2D eigenvalue weighted by atomic mass is 16.6. The third-order valence-electron chi connectivity index (χ3n) is 3.74. The minimum Gasteiger partial charge on any atom is -0.393 e. The van der Waals surface area contributed by atoms with Crippen LogP contribution in [0.25, 0.3) is 0 Å². The van der Waals surface area contributed by atoms with Crippen LogP contribution in [0.1, 0.15) is 30.3 Å². The third-order valence-corrected chi connectivity index (χ3v) is 3.74. The summed E-state index contributed by atoms with van der Waals surface area (Å²) in [4.78, 5) is 24.2. The van der Waals surface area contributed by atoms with E-state index in [1.54, 1.807) is 16.5 Å². The van der Waals surface area contributed by atoms with Gasteiger partial charge in [0.1, 0.15) is 5.69 Å². The number of amides is 1. The van der Waals surface area contributed by atoms with Crippen LogP contribution in [0.15, 0.2) is 12.3 Å². The fourth-order valence-corrected chi connectivity index (χ4v) is 2.55. The van der Waals surface area contributed by atoms with Gasteiger partial charge in [0.15, 0.2) is 0 Å². The Morgan fingerprint density at radius 3 is 2.75 bits per heavy atom. The van der Waals surface area contributed by atoms with Crippen molar-refractivity contribution < 1.29 is 14.8 Å². The van der Waals surface area contributed by atoms with Crippen molar-refractivity contribution in [3.8, 4) is 0 Å². The van der Waals surface area contributed by atoms with E-state index in [4.69, 9.17) is 0 Å². The third kappa shape index (κ3) is 2.82. The van der Waals surface area contributed by atoms with Crippen molar-refractivity contribution in [2.45, 2.75) is 32.4 Å². The summed E-state index contributed by atoms with van der Waals surface area (Å²) in [6.07, 6.45) is 2.57. The second kappa shape index (κ2) is 5.62. The number of nitro groups is 1. The predicted octanol–water partition coefficient (Wildman–Crippen LogP) is 1.26. The van der Waals surface area contributed by atoms with Crippen molar-refractivity contribution in [1.29, 1.82) is 0 Å². The molecule has 0 bridgehead atoms. The second-order valence-corrected chi connectivity index (χ2v) is 5.30. The molecular weight excluding hydrogens is 262 g/mol. The molecule has 1 aromatic heterocycles. The highest BCUT2D eigenvalue weighted by molar-refractivity contribution is 5.93. The molecule has 110 valence electrons. The molecule has 7 heteroatoms. The SMILES string of the molecule is CCn1cc([N+](=O)[O-])cc1C(=O)N(C)CC1CC(O)C1. The van der Waals surface area contributed by atoms with Gasteiger partial charge in [-0.15, -0.1) is 0 Å². The van der Waals surface area contributed by atoms with Crippen LogP contribution >= 0.6 is 0 Å². The van der Waals surface area contributed by atoms with Crippen LogP contribution < -0.4 is 0 Å². The number of rotatable bonds is 5. The zero-order chi connectivity index (χ0) is 14.9. The van der Waals surface area contributed by atoms with Crippen molar-refractivity contribution >= 4 is 11.6 Å². The average molecular weight is 281 g/mol.